The van der Waals surface area contributed by atoms with Crippen molar-refractivity contribution in [1.29, 1.82) is 0 Å². The zero-order chi connectivity index (χ0) is 22.1. The molecule has 0 bridgehead atoms. The van der Waals surface area contributed by atoms with E-state index >= 15 is 0 Å². The van der Waals surface area contributed by atoms with Crippen molar-refractivity contribution in [1.82, 2.24) is 14.3 Å². The van der Waals surface area contributed by atoms with Gasteiger partial charge >= 0.3 is 0 Å². The van der Waals surface area contributed by atoms with E-state index in [4.69, 9.17) is 4.42 Å². The molecule has 0 spiro atoms. The molecule has 1 amide bonds. The van der Waals surface area contributed by atoms with Crippen LogP contribution in [0, 0.1) is 12.7 Å². The molecule has 0 atom stereocenters. The Bertz CT molecular complexity index is 1400. The number of aromatic nitrogens is 3. The Balaban J connectivity index is 1.37. The van der Waals surface area contributed by atoms with Gasteiger partial charge in [0.25, 0.3) is 5.91 Å². The first-order valence-corrected chi connectivity index (χ1v) is 10.3. The lowest BCUT2D eigenvalue weighted by atomic mass is 10.1. The van der Waals surface area contributed by atoms with Gasteiger partial charge in [-0.1, -0.05) is 42.0 Å². The quantitative estimate of drug-likeness (QED) is 0.403. The summed E-state index contributed by atoms with van der Waals surface area (Å²) >= 11 is 0. The summed E-state index contributed by atoms with van der Waals surface area (Å²) < 4.78 is 22.7. The smallest absolute Gasteiger partial charge is 0.272 e. The first-order chi connectivity index (χ1) is 15.5. The Kier molecular flexibility index (Phi) is 5.07. The van der Waals surface area contributed by atoms with Gasteiger partial charge in [-0.15, -0.1) is 0 Å². The van der Waals surface area contributed by atoms with Crippen LogP contribution < -0.4 is 5.32 Å². The zero-order valence-corrected chi connectivity index (χ0v) is 17.5. The molecule has 6 nitrogen and oxygen atoms in total. The van der Waals surface area contributed by atoms with Crippen molar-refractivity contribution < 1.29 is 13.6 Å². The second-order valence-electron chi connectivity index (χ2n) is 7.78. The van der Waals surface area contributed by atoms with Crippen molar-refractivity contribution in [3.05, 3.63) is 108 Å². The Morgan fingerprint density at radius 2 is 1.91 bits per heavy atom. The number of anilines is 1. The molecule has 5 aromatic rings. The van der Waals surface area contributed by atoms with Gasteiger partial charge in [0.2, 0.25) is 0 Å². The number of benzene rings is 2. The molecule has 0 radical (unpaired) electrons. The number of rotatable bonds is 6. The summed E-state index contributed by atoms with van der Waals surface area (Å²) in [6, 6.07) is 18.1. The Hall–Kier alpha value is -4.13. The highest BCUT2D eigenvalue weighted by molar-refractivity contribution is 6.05. The van der Waals surface area contributed by atoms with Crippen molar-refractivity contribution in [3.8, 4) is 0 Å². The second kappa shape index (κ2) is 8.19. The third-order valence-electron chi connectivity index (χ3n) is 5.34. The van der Waals surface area contributed by atoms with Crippen LogP contribution in [0.5, 0.6) is 0 Å². The minimum atomic E-state index is -0.315. The van der Waals surface area contributed by atoms with Crippen LogP contribution in [-0.2, 0) is 13.1 Å². The van der Waals surface area contributed by atoms with Gasteiger partial charge in [-0.05, 0) is 30.2 Å². The average Bonchev–Trinajstić information content (AvgIpc) is 3.48. The normalized spacial score (nSPS) is 11.2. The first kappa shape index (κ1) is 19.8. The summed E-state index contributed by atoms with van der Waals surface area (Å²) in [7, 11) is 0. The van der Waals surface area contributed by atoms with E-state index in [0.717, 1.165) is 16.6 Å². The average molecular weight is 428 g/mol. The highest BCUT2D eigenvalue weighted by Gasteiger charge is 2.18. The minimum absolute atomic E-state index is 0.289. The van der Waals surface area contributed by atoms with Crippen molar-refractivity contribution in [3.63, 3.8) is 0 Å². The van der Waals surface area contributed by atoms with Gasteiger partial charge < -0.3 is 14.3 Å². The maximum absolute atomic E-state index is 13.7. The number of carbonyl (C=O) groups excluding carboxylic acids is 1. The molecular formula is C25H21FN4O2. The van der Waals surface area contributed by atoms with Crippen molar-refractivity contribution in [2.45, 2.75) is 20.0 Å². The molecule has 0 fully saturated rings. The molecule has 3 aromatic heterocycles. The summed E-state index contributed by atoms with van der Waals surface area (Å²) in [4.78, 5) is 13.1. The van der Waals surface area contributed by atoms with Crippen LogP contribution in [0.15, 0.2) is 83.7 Å². The molecule has 0 unspecified atom stereocenters. The van der Waals surface area contributed by atoms with Crippen molar-refractivity contribution in [2.75, 3.05) is 5.32 Å². The standard InChI is InChI=1S/C25H21FN4O2/c1-17-5-7-18(8-6-17)14-29-16-21(13-27-29)28-25(31)23-12-24-22(9-10-32-24)30(23)15-19-3-2-4-20(26)11-19/h2-13,16H,14-15H2,1H3,(H,28,31). The highest BCUT2D eigenvalue weighted by atomic mass is 19.1. The van der Waals surface area contributed by atoms with Crippen LogP contribution in [0.25, 0.3) is 11.1 Å². The van der Waals surface area contributed by atoms with Gasteiger partial charge in [0.05, 0.1) is 30.2 Å². The molecule has 7 heteroatoms. The van der Waals surface area contributed by atoms with E-state index in [9.17, 15) is 9.18 Å². The summed E-state index contributed by atoms with van der Waals surface area (Å²) in [6.07, 6.45) is 4.99. The van der Waals surface area contributed by atoms with Crippen molar-refractivity contribution in [2.24, 2.45) is 0 Å². The van der Waals surface area contributed by atoms with Gasteiger partial charge in [0.15, 0.2) is 5.58 Å². The maximum atomic E-state index is 13.7. The number of halogens is 1. The Morgan fingerprint density at radius 1 is 1.06 bits per heavy atom. The lowest BCUT2D eigenvalue weighted by Crippen LogP contribution is -2.17. The first-order valence-electron chi connectivity index (χ1n) is 10.3. The van der Waals surface area contributed by atoms with E-state index in [2.05, 4.69) is 34.7 Å². The SMILES string of the molecule is Cc1ccc(Cn2cc(NC(=O)c3cc4occc4n3Cc3cccc(F)c3)cn2)cc1. The number of fused-ring (bicyclic) bond motifs is 1. The predicted octanol–water partition coefficient (Wildman–Crippen LogP) is 5.23. The molecule has 0 aliphatic rings. The van der Waals surface area contributed by atoms with Crippen molar-refractivity contribution >= 4 is 22.7 Å². The summed E-state index contributed by atoms with van der Waals surface area (Å²) in [5.74, 6) is -0.604. The molecule has 160 valence electrons. The molecule has 2 aromatic carbocycles. The van der Waals surface area contributed by atoms with E-state index < -0.39 is 0 Å². The fourth-order valence-corrected chi connectivity index (χ4v) is 3.74. The molecule has 0 aliphatic carbocycles. The molecule has 3 heterocycles. The van der Waals surface area contributed by atoms with Gasteiger partial charge in [-0.3, -0.25) is 9.48 Å². The van der Waals surface area contributed by atoms with E-state index in [0.29, 0.717) is 30.1 Å². The van der Waals surface area contributed by atoms with Gasteiger partial charge in [0, 0.05) is 24.9 Å². The molecule has 1 N–H and O–H groups in total. The lowest BCUT2D eigenvalue weighted by molar-refractivity contribution is 0.101. The number of carbonyl (C=O) groups is 1. The molecule has 0 saturated heterocycles. The van der Waals surface area contributed by atoms with Crippen LogP contribution in [-0.4, -0.2) is 20.3 Å². The third kappa shape index (κ3) is 4.05. The van der Waals surface area contributed by atoms with Crippen LogP contribution in [0.2, 0.25) is 0 Å². The number of hydrogen-bond acceptors (Lipinski definition) is 3. The highest BCUT2D eigenvalue weighted by Crippen LogP contribution is 2.24. The zero-order valence-electron chi connectivity index (χ0n) is 17.5. The van der Waals surface area contributed by atoms with Gasteiger partial charge in [0.1, 0.15) is 11.5 Å². The topological polar surface area (TPSA) is 65.0 Å². The number of amides is 1. The summed E-state index contributed by atoms with van der Waals surface area (Å²) in [6.45, 7) is 3.00. The minimum Gasteiger partial charge on any atom is -0.463 e. The molecule has 32 heavy (non-hydrogen) atoms. The number of furan rings is 1. The van der Waals surface area contributed by atoms with Crippen LogP contribution in [0.4, 0.5) is 10.1 Å². The Morgan fingerprint density at radius 3 is 2.72 bits per heavy atom. The number of hydrogen-bond donors (Lipinski definition) is 1. The molecular weight excluding hydrogens is 407 g/mol. The second-order valence-corrected chi connectivity index (χ2v) is 7.78. The lowest BCUT2D eigenvalue weighted by Gasteiger charge is -2.10. The summed E-state index contributed by atoms with van der Waals surface area (Å²) in [5.41, 5.74) is 5.47. The maximum Gasteiger partial charge on any atom is 0.272 e. The fraction of sp³-hybridized carbons (Fsp3) is 0.120. The van der Waals surface area contributed by atoms with E-state index in [1.54, 1.807) is 41.5 Å². The molecule has 0 aliphatic heterocycles. The van der Waals surface area contributed by atoms with Gasteiger partial charge in [-0.2, -0.15) is 5.10 Å². The monoisotopic (exact) mass is 428 g/mol. The predicted molar refractivity (Wildman–Crippen MR) is 120 cm³/mol. The van der Waals surface area contributed by atoms with Crippen LogP contribution in [0.3, 0.4) is 0 Å². The molecule has 5 rings (SSSR count). The fourth-order valence-electron chi connectivity index (χ4n) is 3.74. The van der Waals surface area contributed by atoms with E-state index in [-0.39, 0.29) is 11.7 Å². The third-order valence-corrected chi connectivity index (χ3v) is 5.34. The molecule has 0 saturated carbocycles. The number of nitrogens with zero attached hydrogens (tertiary/aromatic N) is 3. The Labute approximate surface area is 183 Å². The van der Waals surface area contributed by atoms with E-state index in [1.165, 1.54) is 17.7 Å². The largest absolute Gasteiger partial charge is 0.463 e. The van der Waals surface area contributed by atoms with Crippen LogP contribution >= 0.6 is 0 Å². The van der Waals surface area contributed by atoms with E-state index in [1.807, 2.05) is 17.6 Å². The summed E-state index contributed by atoms with van der Waals surface area (Å²) in [5, 5.41) is 7.25. The van der Waals surface area contributed by atoms with Gasteiger partial charge in [-0.25, -0.2) is 4.39 Å². The number of nitrogens with one attached hydrogen (secondary N) is 1. The van der Waals surface area contributed by atoms with Crippen LogP contribution in [0.1, 0.15) is 27.2 Å². The number of aryl methyl sites for hydroxylation is 1.